The van der Waals surface area contributed by atoms with Crippen molar-refractivity contribution in [2.24, 2.45) is 5.92 Å². The van der Waals surface area contributed by atoms with Crippen molar-refractivity contribution in [1.29, 1.82) is 0 Å². The molecule has 6 nitrogen and oxygen atoms in total. The molecule has 2 aromatic rings. The van der Waals surface area contributed by atoms with Crippen LogP contribution in [0.25, 0.3) is 0 Å². The number of amides is 2. The third-order valence-corrected chi connectivity index (χ3v) is 5.81. The average Bonchev–Trinajstić information content (AvgIpc) is 3.17. The Morgan fingerprint density at radius 1 is 1.12 bits per heavy atom. The van der Waals surface area contributed by atoms with Gasteiger partial charge in [-0.2, -0.15) is 0 Å². The average molecular weight is 473 g/mol. The minimum absolute atomic E-state index is 0.0410. The van der Waals surface area contributed by atoms with Gasteiger partial charge < -0.3 is 15.4 Å². The topological polar surface area (TPSA) is 84.5 Å². The van der Waals surface area contributed by atoms with Crippen molar-refractivity contribution in [2.45, 2.75) is 51.7 Å². The number of carbonyl (C=O) groups excluding carboxylic acids is 3. The summed E-state index contributed by atoms with van der Waals surface area (Å²) >= 11 is 0. The molecular weight excluding hydrogens is 442 g/mol. The smallest absolute Gasteiger partial charge is 0.226 e. The summed E-state index contributed by atoms with van der Waals surface area (Å²) in [5, 5.41) is 5.33. The van der Waals surface area contributed by atoms with Crippen LogP contribution in [0.5, 0.6) is 0 Å². The molecule has 0 spiro atoms. The summed E-state index contributed by atoms with van der Waals surface area (Å²) in [5.74, 6) is -3.09. The van der Waals surface area contributed by atoms with Gasteiger partial charge in [-0.05, 0) is 34.2 Å². The number of halogens is 2. The Kier molecular flexibility index (Phi) is 7.82. The van der Waals surface area contributed by atoms with Crippen LogP contribution in [0.4, 0.5) is 8.78 Å². The molecule has 2 atom stereocenters. The number of benzene rings is 2. The number of nitrogens with one attached hydrogen (secondary N) is 2. The van der Waals surface area contributed by atoms with Crippen molar-refractivity contribution in [2.75, 3.05) is 13.7 Å². The van der Waals surface area contributed by atoms with E-state index in [2.05, 4.69) is 10.6 Å². The van der Waals surface area contributed by atoms with E-state index < -0.39 is 40.7 Å². The second-order valence-corrected chi connectivity index (χ2v) is 9.65. The summed E-state index contributed by atoms with van der Waals surface area (Å²) in [5.41, 5.74) is 0.824. The van der Waals surface area contributed by atoms with Gasteiger partial charge in [0.15, 0.2) is 5.78 Å². The third kappa shape index (κ3) is 6.05. The molecule has 1 aliphatic rings. The van der Waals surface area contributed by atoms with Gasteiger partial charge in [0.2, 0.25) is 11.8 Å². The highest BCUT2D eigenvalue weighted by Gasteiger charge is 2.32. The molecule has 2 aromatic carbocycles. The number of hydrogen-bond donors (Lipinski definition) is 2. The normalized spacial score (nSPS) is 16.8. The molecule has 2 amide bonds. The lowest BCUT2D eigenvalue weighted by Gasteiger charge is -2.22. The minimum atomic E-state index is -1.03. The lowest BCUT2D eigenvalue weighted by molar-refractivity contribution is -0.130. The molecule has 2 N–H and O–H groups in total. The maximum atomic E-state index is 14.7. The molecule has 0 bridgehead atoms. The fraction of sp³-hybridized carbons (Fsp3) is 0.423. The predicted molar refractivity (Wildman–Crippen MR) is 123 cm³/mol. The predicted octanol–water partition coefficient (Wildman–Crippen LogP) is 3.51. The monoisotopic (exact) mass is 472 g/mol. The molecule has 0 unspecified atom stereocenters. The van der Waals surface area contributed by atoms with Crippen molar-refractivity contribution in [3.05, 3.63) is 70.3 Å². The molecular formula is C26H30F2N2O4. The van der Waals surface area contributed by atoms with E-state index in [-0.39, 0.29) is 36.4 Å². The van der Waals surface area contributed by atoms with Crippen LogP contribution in [0.2, 0.25) is 0 Å². The summed E-state index contributed by atoms with van der Waals surface area (Å²) in [6.45, 7) is 5.71. The first-order valence-corrected chi connectivity index (χ1v) is 11.2. The molecule has 1 aliphatic heterocycles. The number of methoxy groups -OCH3 is 1. The van der Waals surface area contributed by atoms with Crippen molar-refractivity contribution in [3.63, 3.8) is 0 Å². The summed E-state index contributed by atoms with van der Waals surface area (Å²) in [6.07, 6.45) is -0.227. The maximum Gasteiger partial charge on any atom is 0.226 e. The third-order valence-electron chi connectivity index (χ3n) is 5.81. The molecule has 34 heavy (non-hydrogen) atoms. The second kappa shape index (κ2) is 10.4. The van der Waals surface area contributed by atoms with E-state index in [4.69, 9.17) is 4.74 Å². The second-order valence-electron chi connectivity index (χ2n) is 9.65. The fourth-order valence-electron chi connectivity index (χ4n) is 4.12. The van der Waals surface area contributed by atoms with E-state index in [1.807, 2.05) is 0 Å². The summed E-state index contributed by atoms with van der Waals surface area (Å²) in [6, 6.07) is 8.28. The Hall–Kier alpha value is -3.13. The van der Waals surface area contributed by atoms with E-state index in [1.54, 1.807) is 52.1 Å². The minimum Gasteiger partial charge on any atom is -0.380 e. The number of carbonyl (C=O) groups is 3. The number of hydrogen-bond acceptors (Lipinski definition) is 4. The SMILES string of the molecule is COCc1ccc([C@@H](NC(=O)[C@H]2CNC(=O)C2)C(=O)Cc2cc(F)c(C(C)(C)C)c(F)c2)cc1. The van der Waals surface area contributed by atoms with Crippen LogP contribution in [-0.2, 0) is 37.6 Å². The molecule has 0 saturated carbocycles. The molecule has 1 fully saturated rings. The number of rotatable bonds is 8. The highest BCUT2D eigenvalue weighted by molar-refractivity contribution is 5.94. The van der Waals surface area contributed by atoms with Crippen LogP contribution in [0.1, 0.15) is 55.5 Å². The number of ether oxygens (including phenoxy) is 1. The lowest BCUT2D eigenvalue weighted by Crippen LogP contribution is -2.39. The van der Waals surface area contributed by atoms with Gasteiger partial charge in [0.25, 0.3) is 0 Å². The van der Waals surface area contributed by atoms with Gasteiger partial charge in [-0.3, -0.25) is 14.4 Å². The Balaban J connectivity index is 1.87. The van der Waals surface area contributed by atoms with Crippen LogP contribution in [-0.4, -0.2) is 31.3 Å². The Morgan fingerprint density at radius 2 is 1.74 bits per heavy atom. The van der Waals surface area contributed by atoms with E-state index in [9.17, 15) is 23.2 Å². The van der Waals surface area contributed by atoms with E-state index in [1.165, 1.54) is 12.1 Å². The van der Waals surface area contributed by atoms with E-state index in [0.29, 0.717) is 12.2 Å². The first-order chi connectivity index (χ1) is 16.0. The van der Waals surface area contributed by atoms with Gasteiger partial charge in [0.1, 0.15) is 17.7 Å². The first-order valence-electron chi connectivity index (χ1n) is 11.2. The molecule has 182 valence electrons. The standard InChI is InChI=1S/C26H30F2N2O4/c1-26(2,3)23-19(27)9-16(10-20(23)28)11-21(31)24(17-7-5-15(6-8-17)14-34-4)30-25(33)18-12-22(32)29-13-18/h5-10,18,24H,11-14H2,1-4H3,(H,29,32)(H,30,33)/t18-,24-/m1/s1. The molecule has 0 aliphatic carbocycles. The largest absolute Gasteiger partial charge is 0.380 e. The molecule has 1 saturated heterocycles. The van der Waals surface area contributed by atoms with Crippen LogP contribution >= 0.6 is 0 Å². The van der Waals surface area contributed by atoms with Crippen molar-refractivity contribution in [3.8, 4) is 0 Å². The number of ketones is 1. The van der Waals surface area contributed by atoms with E-state index in [0.717, 1.165) is 5.56 Å². The molecule has 3 rings (SSSR count). The van der Waals surface area contributed by atoms with Crippen molar-refractivity contribution >= 4 is 17.6 Å². The Morgan fingerprint density at radius 3 is 2.24 bits per heavy atom. The molecule has 0 radical (unpaired) electrons. The Bertz CT molecular complexity index is 1050. The summed E-state index contributed by atoms with van der Waals surface area (Å²) in [4.78, 5) is 37.6. The van der Waals surface area contributed by atoms with Crippen LogP contribution in [0, 0.1) is 17.6 Å². The Labute approximate surface area is 198 Å². The van der Waals surface area contributed by atoms with Gasteiger partial charge in [-0.1, -0.05) is 45.0 Å². The van der Waals surface area contributed by atoms with Crippen LogP contribution in [0.3, 0.4) is 0 Å². The van der Waals surface area contributed by atoms with Gasteiger partial charge in [0.05, 0.1) is 12.5 Å². The zero-order valence-corrected chi connectivity index (χ0v) is 19.8. The van der Waals surface area contributed by atoms with Gasteiger partial charge in [0, 0.05) is 32.1 Å². The molecule has 8 heteroatoms. The zero-order valence-electron chi connectivity index (χ0n) is 19.8. The highest BCUT2D eigenvalue weighted by Crippen LogP contribution is 2.29. The fourth-order valence-corrected chi connectivity index (χ4v) is 4.12. The maximum absolute atomic E-state index is 14.7. The van der Waals surface area contributed by atoms with Gasteiger partial charge >= 0.3 is 0 Å². The lowest BCUT2D eigenvalue weighted by atomic mass is 9.85. The van der Waals surface area contributed by atoms with Crippen LogP contribution in [0.15, 0.2) is 36.4 Å². The van der Waals surface area contributed by atoms with Gasteiger partial charge in [-0.15, -0.1) is 0 Å². The summed E-state index contributed by atoms with van der Waals surface area (Å²) < 4.78 is 34.5. The van der Waals surface area contributed by atoms with Gasteiger partial charge in [-0.25, -0.2) is 8.78 Å². The summed E-state index contributed by atoms with van der Waals surface area (Å²) in [7, 11) is 1.57. The molecule has 1 heterocycles. The number of Topliss-reactive ketones (excluding diaryl/α,β-unsaturated/α-hetero) is 1. The van der Waals surface area contributed by atoms with Crippen molar-refractivity contribution < 1.29 is 27.9 Å². The van der Waals surface area contributed by atoms with E-state index >= 15 is 0 Å². The molecule has 0 aromatic heterocycles. The zero-order chi connectivity index (χ0) is 25.0. The first kappa shape index (κ1) is 25.5. The highest BCUT2D eigenvalue weighted by atomic mass is 19.1. The quantitative estimate of drug-likeness (QED) is 0.616. The van der Waals surface area contributed by atoms with Crippen molar-refractivity contribution in [1.82, 2.24) is 10.6 Å². The van der Waals surface area contributed by atoms with Crippen LogP contribution < -0.4 is 10.6 Å².